The standard InChI is InChI=1S/C14H21N5OS/c1-9(2)13-16-17-14-11(21-3)7-12(18-19(13)14)15-10-5-4-6-20-8-10/h7,9-10H,4-6,8H2,1-3H3,(H,15,18)/t10-/m1/s1. The third-order valence-electron chi connectivity index (χ3n) is 3.61. The lowest BCUT2D eigenvalue weighted by Gasteiger charge is -2.23. The van der Waals surface area contributed by atoms with E-state index >= 15 is 0 Å². The molecule has 1 aliphatic heterocycles. The van der Waals surface area contributed by atoms with Crippen LogP contribution in [0.2, 0.25) is 0 Å². The molecular formula is C14H21N5OS. The van der Waals surface area contributed by atoms with Crippen molar-refractivity contribution in [3.8, 4) is 0 Å². The van der Waals surface area contributed by atoms with Crippen molar-refractivity contribution < 1.29 is 4.74 Å². The Morgan fingerprint density at radius 3 is 2.95 bits per heavy atom. The number of hydrogen-bond acceptors (Lipinski definition) is 6. The fourth-order valence-electron chi connectivity index (χ4n) is 2.51. The van der Waals surface area contributed by atoms with Crippen molar-refractivity contribution >= 4 is 23.2 Å². The molecule has 1 atom stereocenters. The van der Waals surface area contributed by atoms with Crippen molar-refractivity contribution in [1.29, 1.82) is 0 Å². The molecule has 3 rings (SSSR count). The Balaban J connectivity index is 1.96. The molecule has 0 spiro atoms. The highest BCUT2D eigenvalue weighted by Gasteiger charge is 2.18. The van der Waals surface area contributed by atoms with Crippen LogP contribution in [0.25, 0.3) is 5.65 Å². The number of fused-ring (bicyclic) bond motifs is 1. The first-order chi connectivity index (χ1) is 10.2. The molecule has 3 heterocycles. The second-order valence-corrected chi connectivity index (χ2v) is 6.45. The third-order valence-corrected chi connectivity index (χ3v) is 4.35. The summed E-state index contributed by atoms with van der Waals surface area (Å²) in [7, 11) is 0. The number of ether oxygens (including phenoxy) is 1. The maximum Gasteiger partial charge on any atom is 0.191 e. The number of aromatic nitrogens is 4. The van der Waals surface area contributed by atoms with Crippen LogP contribution in [0.5, 0.6) is 0 Å². The van der Waals surface area contributed by atoms with Crippen LogP contribution in [0.3, 0.4) is 0 Å². The highest BCUT2D eigenvalue weighted by atomic mass is 32.2. The van der Waals surface area contributed by atoms with Crippen LogP contribution in [0.1, 0.15) is 38.4 Å². The van der Waals surface area contributed by atoms with Gasteiger partial charge in [-0.1, -0.05) is 13.8 Å². The SMILES string of the molecule is CSc1cc(N[C@@H]2CCCOC2)nn2c(C(C)C)nnc12. The topological polar surface area (TPSA) is 64.3 Å². The van der Waals surface area contributed by atoms with Crippen LogP contribution in [0.4, 0.5) is 5.82 Å². The number of anilines is 1. The average Bonchev–Trinajstić information content (AvgIpc) is 2.91. The summed E-state index contributed by atoms with van der Waals surface area (Å²) in [5, 5.41) is 16.7. The summed E-state index contributed by atoms with van der Waals surface area (Å²) in [6, 6.07) is 2.38. The van der Waals surface area contributed by atoms with Crippen LogP contribution in [0.15, 0.2) is 11.0 Å². The molecule has 1 saturated heterocycles. The van der Waals surface area contributed by atoms with E-state index in [0.717, 1.165) is 48.2 Å². The van der Waals surface area contributed by atoms with E-state index in [-0.39, 0.29) is 5.92 Å². The van der Waals surface area contributed by atoms with E-state index in [1.807, 2.05) is 16.8 Å². The molecular weight excluding hydrogens is 286 g/mol. The van der Waals surface area contributed by atoms with Crippen molar-refractivity contribution in [2.45, 2.75) is 43.5 Å². The van der Waals surface area contributed by atoms with Gasteiger partial charge in [-0.25, -0.2) is 0 Å². The maximum absolute atomic E-state index is 5.52. The number of hydrogen-bond donors (Lipinski definition) is 1. The molecule has 0 bridgehead atoms. The number of nitrogens with one attached hydrogen (secondary N) is 1. The molecule has 0 amide bonds. The summed E-state index contributed by atoms with van der Waals surface area (Å²) in [6.45, 7) is 5.81. The first kappa shape index (κ1) is 14.6. The van der Waals surface area contributed by atoms with Crippen LogP contribution < -0.4 is 5.32 Å². The molecule has 1 N–H and O–H groups in total. The molecule has 0 aromatic carbocycles. The van der Waals surface area contributed by atoms with E-state index in [9.17, 15) is 0 Å². The number of thioether (sulfide) groups is 1. The molecule has 114 valence electrons. The molecule has 0 saturated carbocycles. The molecule has 0 aliphatic carbocycles. The van der Waals surface area contributed by atoms with Gasteiger partial charge in [0.05, 0.1) is 17.5 Å². The van der Waals surface area contributed by atoms with Gasteiger partial charge in [-0.2, -0.15) is 4.52 Å². The summed E-state index contributed by atoms with van der Waals surface area (Å²) < 4.78 is 7.38. The zero-order valence-electron chi connectivity index (χ0n) is 12.7. The van der Waals surface area contributed by atoms with E-state index in [2.05, 4.69) is 34.5 Å². The summed E-state index contributed by atoms with van der Waals surface area (Å²) in [5.74, 6) is 2.04. The van der Waals surface area contributed by atoms with Crippen LogP contribution >= 0.6 is 11.8 Å². The zero-order valence-corrected chi connectivity index (χ0v) is 13.5. The Hall–Kier alpha value is -1.34. The van der Waals surface area contributed by atoms with Gasteiger partial charge in [0.2, 0.25) is 0 Å². The van der Waals surface area contributed by atoms with Crippen LogP contribution in [0, 0.1) is 0 Å². The van der Waals surface area contributed by atoms with Crippen molar-refractivity contribution in [3.05, 3.63) is 11.9 Å². The third kappa shape index (κ3) is 2.98. The molecule has 1 fully saturated rings. The summed E-state index contributed by atoms with van der Waals surface area (Å²) in [4.78, 5) is 1.09. The maximum atomic E-state index is 5.52. The highest BCUT2D eigenvalue weighted by molar-refractivity contribution is 7.98. The quantitative estimate of drug-likeness (QED) is 0.876. The smallest absolute Gasteiger partial charge is 0.191 e. The minimum absolute atomic E-state index is 0.287. The van der Waals surface area contributed by atoms with Gasteiger partial charge in [-0.15, -0.1) is 27.1 Å². The Bertz CT molecular complexity index is 621. The molecule has 0 radical (unpaired) electrons. The van der Waals surface area contributed by atoms with Gasteiger partial charge in [0.1, 0.15) is 5.82 Å². The summed E-state index contributed by atoms with van der Waals surface area (Å²) in [5.41, 5.74) is 0.830. The lowest BCUT2D eigenvalue weighted by molar-refractivity contribution is 0.0874. The van der Waals surface area contributed by atoms with E-state index in [1.54, 1.807) is 11.8 Å². The van der Waals surface area contributed by atoms with Gasteiger partial charge >= 0.3 is 0 Å². The lowest BCUT2D eigenvalue weighted by Crippen LogP contribution is -2.30. The molecule has 1 aliphatic rings. The molecule has 6 nitrogen and oxygen atoms in total. The summed E-state index contributed by atoms with van der Waals surface area (Å²) in [6.07, 6.45) is 4.26. The first-order valence-corrected chi connectivity index (χ1v) is 8.56. The monoisotopic (exact) mass is 307 g/mol. The fraction of sp³-hybridized carbons (Fsp3) is 0.643. The molecule has 0 unspecified atom stereocenters. The molecule has 7 heteroatoms. The van der Waals surface area contributed by atoms with Gasteiger partial charge < -0.3 is 10.1 Å². The van der Waals surface area contributed by atoms with Crippen molar-refractivity contribution in [2.75, 3.05) is 24.8 Å². The van der Waals surface area contributed by atoms with Gasteiger partial charge in [0.25, 0.3) is 0 Å². The Morgan fingerprint density at radius 1 is 1.43 bits per heavy atom. The summed E-state index contributed by atoms with van der Waals surface area (Å²) >= 11 is 1.66. The Kier molecular flexibility index (Phi) is 4.30. The average molecular weight is 307 g/mol. The Labute approximate surface area is 128 Å². The predicted octanol–water partition coefficient (Wildman–Crippen LogP) is 2.56. The van der Waals surface area contributed by atoms with E-state index in [4.69, 9.17) is 4.74 Å². The van der Waals surface area contributed by atoms with Crippen LogP contribution in [-0.4, -0.2) is 45.3 Å². The van der Waals surface area contributed by atoms with Crippen molar-refractivity contribution in [3.63, 3.8) is 0 Å². The highest BCUT2D eigenvalue weighted by Crippen LogP contribution is 2.25. The largest absolute Gasteiger partial charge is 0.379 e. The lowest BCUT2D eigenvalue weighted by atomic mass is 10.1. The molecule has 21 heavy (non-hydrogen) atoms. The second-order valence-electron chi connectivity index (χ2n) is 5.60. The van der Waals surface area contributed by atoms with Gasteiger partial charge in [-0.3, -0.25) is 0 Å². The normalized spacial score (nSPS) is 19.3. The van der Waals surface area contributed by atoms with Gasteiger partial charge in [-0.05, 0) is 25.2 Å². The number of rotatable bonds is 4. The predicted molar refractivity (Wildman–Crippen MR) is 84.1 cm³/mol. The van der Waals surface area contributed by atoms with Gasteiger partial charge in [0.15, 0.2) is 11.5 Å². The van der Waals surface area contributed by atoms with E-state index in [0.29, 0.717) is 6.04 Å². The minimum Gasteiger partial charge on any atom is -0.379 e. The van der Waals surface area contributed by atoms with Gasteiger partial charge in [0, 0.05) is 12.5 Å². The Morgan fingerprint density at radius 2 is 2.29 bits per heavy atom. The number of nitrogens with zero attached hydrogens (tertiary/aromatic N) is 4. The van der Waals surface area contributed by atoms with Crippen molar-refractivity contribution in [1.82, 2.24) is 19.8 Å². The zero-order chi connectivity index (χ0) is 14.8. The van der Waals surface area contributed by atoms with Crippen molar-refractivity contribution in [2.24, 2.45) is 0 Å². The second kappa shape index (κ2) is 6.19. The minimum atomic E-state index is 0.287. The molecule has 2 aromatic heterocycles. The van der Waals surface area contributed by atoms with E-state index < -0.39 is 0 Å². The van der Waals surface area contributed by atoms with Crippen LogP contribution in [-0.2, 0) is 4.74 Å². The first-order valence-electron chi connectivity index (χ1n) is 7.33. The fourth-order valence-corrected chi connectivity index (χ4v) is 3.05. The molecule has 2 aromatic rings. The van der Waals surface area contributed by atoms with E-state index in [1.165, 1.54) is 0 Å².